The molecule has 9 heteroatoms. The molecule has 0 spiro atoms. The molecule has 9 nitrogen and oxygen atoms in total. The molecule has 0 unspecified atom stereocenters. The maximum Gasteiger partial charge on any atom is 0.269 e. The maximum absolute atomic E-state index is 11.4. The number of benzene rings is 8. The lowest BCUT2D eigenvalue weighted by molar-refractivity contribution is -0.385. The molecule has 50 heavy (non-hydrogen) atoms. The van der Waals surface area contributed by atoms with Crippen molar-refractivity contribution in [3.63, 3.8) is 0 Å². The van der Waals surface area contributed by atoms with Crippen LogP contribution in [0.2, 0.25) is 0 Å². The monoisotopic (exact) mass is 656 g/mol. The Bertz CT molecular complexity index is 2440. The molecule has 0 atom stereocenters. The fourth-order valence-corrected chi connectivity index (χ4v) is 6.72. The number of ether oxygens (including phenoxy) is 1. The van der Waals surface area contributed by atoms with E-state index in [4.69, 9.17) is 4.74 Å². The highest BCUT2D eigenvalue weighted by Crippen LogP contribution is 2.45. The first-order valence-corrected chi connectivity index (χ1v) is 15.9. The van der Waals surface area contributed by atoms with Gasteiger partial charge < -0.3 is 14.5 Å². The molecule has 0 heterocycles. The number of rotatable bonds is 9. The molecule has 0 saturated heterocycles. The lowest BCUT2D eigenvalue weighted by Crippen LogP contribution is -2.12. The third kappa shape index (κ3) is 5.23. The average molecular weight is 657 g/mol. The van der Waals surface area contributed by atoms with Crippen molar-refractivity contribution in [1.29, 1.82) is 0 Å². The number of hydrogen-bond acceptors (Lipinski definition) is 7. The molecule has 0 aromatic heterocycles. The van der Waals surface area contributed by atoms with Crippen molar-refractivity contribution in [2.24, 2.45) is 0 Å². The zero-order valence-corrected chi connectivity index (χ0v) is 26.8. The van der Waals surface area contributed by atoms with Crippen LogP contribution in [-0.4, -0.2) is 17.0 Å². The summed E-state index contributed by atoms with van der Waals surface area (Å²) in [5, 5.41) is 29.9. The lowest BCUT2D eigenvalue weighted by Gasteiger charge is -2.29. The topological polar surface area (TPSA) is 102 Å². The van der Waals surface area contributed by atoms with Gasteiger partial charge in [-0.25, -0.2) is 0 Å². The number of nitro benzene ring substituents is 2. The number of nitrogens with zero attached hydrogens (tertiary/aromatic N) is 4. The van der Waals surface area contributed by atoms with Crippen LogP contribution in [0.3, 0.4) is 0 Å². The van der Waals surface area contributed by atoms with E-state index in [0.29, 0.717) is 11.4 Å². The van der Waals surface area contributed by atoms with Crippen LogP contribution in [0, 0.1) is 20.2 Å². The van der Waals surface area contributed by atoms with Crippen molar-refractivity contribution < 1.29 is 14.6 Å². The number of non-ortho nitro benzene ring substituents is 2. The van der Waals surface area contributed by atoms with Gasteiger partial charge in [0.1, 0.15) is 5.75 Å². The molecule has 8 aromatic rings. The number of hydrogen-bond donors (Lipinski definition) is 0. The Kier molecular flexibility index (Phi) is 7.42. The summed E-state index contributed by atoms with van der Waals surface area (Å²) in [5.41, 5.74) is 4.88. The summed E-state index contributed by atoms with van der Waals surface area (Å²) in [6, 6.07) is 47.8. The molecule has 0 fully saturated rings. The Labute approximate surface area is 286 Å². The van der Waals surface area contributed by atoms with E-state index in [9.17, 15) is 20.2 Å². The van der Waals surface area contributed by atoms with Crippen molar-refractivity contribution in [2.45, 2.75) is 0 Å². The van der Waals surface area contributed by atoms with Gasteiger partial charge in [-0.2, -0.15) is 0 Å². The Morgan fingerprint density at radius 2 is 0.860 bits per heavy atom. The van der Waals surface area contributed by atoms with Crippen LogP contribution in [-0.2, 0) is 0 Å². The van der Waals surface area contributed by atoms with Gasteiger partial charge in [0.25, 0.3) is 11.4 Å². The van der Waals surface area contributed by atoms with Gasteiger partial charge in [-0.3, -0.25) is 20.2 Å². The minimum Gasteiger partial charge on any atom is -0.497 e. The Morgan fingerprint density at radius 3 is 1.34 bits per heavy atom. The van der Waals surface area contributed by atoms with Gasteiger partial charge in [-0.1, -0.05) is 48.5 Å². The largest absolute Gasteiger partial charge is 0.497 e. The van der Waals surface area contributed by atoms with E-state index in [1.807, 2.05) is 53.4 Å². The van der Waals surface area contributed by atoms with Crippen LogP contribution in [0.1, 0.15) is 0 Å². The zero-order chi connectivity index (χ0) is 34.4. The molecule has 0 bridgehead atoms. The van der Waals surface area contributed by atoms with E-state index in [-0.39, 0.29) is 11.4 Å². The first-order valence-electron chi connectivity index (χ1n) is 15.9. The third-order valence-corrected chi connectivity index (χ3v) is 9.08. The summed E-state index contributed by atoms with van der Waals surface area (Å²) in [6.07, 6.45) is 0. The van der Waals surface area contributed by atoms with Gasteiger partial charge >= 0.3 is 0 Å². The Hall–Kier alpha value is -7.00. The van der Waals surface area contributed by atoms with Crippen LogP contribution < -0.4 is 14.5 Å². The van der Waals surface area contributed by atoms with Crippen molar-refractivity contribution in [3.8, 4) is 5.75 Å². The van der Waals surface area contributed by atoms with Crippen molar-refractivity contribution in [2.75, 3.05) is 16.9 Å². The molecule has 0 amide bonds. The lowest BCUT2D eigenvalue weighted by atomic mass is 9.93. The predicted molar refractivity (Wildman–Crippen MR) is 199 cm³/mol. The molecule has 0 radical (unpaired) electrons. The highest BCUT2D eigenvalue weighted by Gasteiger charge is 2.20. The van der Waals surface area contributed by atoms with Gasteiger partial charge in [0, 0.05) is 58.1 Å². The van der Waals surface area contributed by atoms with E-state index in [1.165, 1.54) is 51.2 Å². The van der Waals surface area contributed by atoms with Crippen LogP contribution in [0.5, 0.6) is 5.75 Å². The Balaban J connectivity index is 1.28. The van der Waals surface area contributed by atoms with E-state index < -0.39 is 9.85 Å². The molecule has 0 saturated carbocycles. The molecule has 8 rings (SSSR count). The normalized spacial score (nSPS) is 11.2. The summed E-state index contributed by atoms with van der Waals surface area (Å²) in [6.45, 7) is 0. The van der Waals surface area contributed by atoms with E-state index >= 15 is 0 Å². The molecule has 242 valence electrons. The van der Waals surface area contributed by atoms with Gasteiger partial charge in [-0.05, 0) is 106 Å². The highest BCUT2D eigenvalue weighted by atomic mass is 16.6. The standard InChI is InChI=1S/C41H28N4O5/c1-50-37-23-21-34(22-24-37)43(39-26-8-29-6-5-27-3-2-4-28-7-25-38(39)41(29)40(27)28)33-11-9-30(10-12-33)42(31-13-17-35(18-14-31)44(46)47)32-15-19-36(20-16-32)45(48)49/h2-26H,1H3. The number of anilines is 6. The van der Waals surface area contributed by atoms with Gasteiger partial charge in [0.2, 0.25) is 0 Å². The van der Waals surface area contributed by atoms with Crippen LogP contribution in [0.4, 0.5) is 45.5 Å². The van der Waals surface area contributed by atoms with Crippen LogP contribution in [0.15, 0.2) is 152 Å². The second-order valence-electron chi connectivity index (χ2n) is 11.9. The molecular formula is C41H28N4O5. The Morgan fingerprint density at radius 1 is 0.460 bits per heavy atom. The molecule has 0 N–H and O–H groups in total. The van der Waals surface area contributed by atoms with E-state index in [2.05, 4.69) is 59.5 Å². The number of methoxy groups -OCH3 is 1. The highest BCUT2D eigenvalue weighted by molar-refractivity contribution is 6.25. The minimum atomic E-state index is -0.443. The molecule has 0 aliphatic carbocycles. The molecular weight excluding hydrogens is 628 g/mol. The van der Waals surface area contributed by atoms with Crippen molar-refractivity contribution in [1.82, 2.24) is 0 Å². The van der Waals surface area contributed by atoms with Crippen LogP contribution in [0.25, 0.3) is 32.3 Å². The summed E-state index contributed by atoms with van der Waals surface area (Å²) in [5.74, 6) is 0.751. The average Bonchev–Trinajstić information content (AvgIpc) is 3.16. The second kappa shape index (κ2) is 12.2. The van der Waals surface area contributed by atoms with Crippen molar-refractivity contribution in [3.05, 3.63) is 172 Å². The zero-order valence-electron chi connectivity index (χ0n) is 26.8. The second-order valence-corrected chi connectivity index (χ2v) is 11.9. The van der Waals surface area contributed by atoms with Gasteiger partial charge in [0.05, 0.1) is 22.6 Å². The third-order valence-electron chi connectivity index (χ3n) is 9.08. The fourth-order valence-electron chi connectivity index (χ4n) is 6.72. The minimum absolute atomic E-state index is 0.0313. The predicted octanol–water partition coefficient (Wildman–Crippen LogP) is 11.3. The summed E-state index contributed by atoms with van der Waals surface area (Å²) in [7, 11) is 1.65. The van der Waals surface area contributed by atoms with Crippen LogP contribution >= 0.6 is 0 Å². The molecule has 8 aromatic carbocycles. The molecule has 0 aliphatic heterocycles. The SMILES string of the molecule is COc1ccc(N(c2ccc(N(c3ccc([N+](=O)[O-])cc3)c3ccc([N+](=O)[O-])cc3)cc2)c2ccc3ccc4cccc5ccc2c3c45)cc1. The van der Waals surface area contributed by atoms with Gasteiger partial charge in [0.15, 0.2) is 0 Å². The maximum atomic E-state index is 11.4. The summed E-state index contributed by atoms with van der Waals surface area (Å²) >= 11 is 0. The van der Waals surface area contributed by atoms with Crippen molar-refractivity contribution >= 4 is 77.8 Å². The smallest absolute Gasteiger partial charge is 0.269 e. The van der Waals surface area contributed by atoms with E-state index in [0.717, 1.165) is 33.9 Å². The molecule has 0 aliphatic rings. The first kappa shape index (κ1) is 30.3. The summed E-state index contributed by atoms with van der Waals surface area (Å²) in [4.78, 5) is 26.0. The number of nitro groups is 2. The van der Waals surface area contributed by atoms with Gasteiger partial charge in [-0.15, -0.1) is 0 Å². The fraction of sp³-hybridized carbons (Fsp3) is 0.0244. The first-order chi connectivity index (χ1) is 24.4. The summed E-state index contributed by atoms with van der Waals surface area (Å²) < 4.78 is 5.48. The quantitative estimate of drug-likeness (QED) is 0.0865. The van der Waals surface area contributed by atoms with E-state index in [1.54, 1.807) is 31.4 Å².